The van der Waals surface area contributed by atoms with Gasteiger partial charge in [0.25, 0.3) is 5.56 Å². The van der Waals surface area contributed by atoms with E-state index in [1.807, 2.05) is 61.5 Å². The monoisotopic (exact) mass is 435 g/mol. The molecule has 0 aliphatic rings. The number of carbonyl (C=O) groups is 1. The molecule has 0 saturated carbocycles. The van der Waals surface area contributed by atoms with Crippen molar-refractivity contribution in [2.45, 2.75) is 12.1 Å². The smallest absolute Gasteiger partial charge is 0.266 e. The molecule has 9 heteroatoms. The number of benzene rings is 2. The van der Waals surface area contributed by atoms with Gasteiger partial charge < -0.3 is 9.64 Å². The van der Waals surface area contributed by atoms with Crippen LogP contribution < -0.4 is 15.2 Å². The van der Waals surface area contributed by atoms with E-state index in [-0.39, 0.29) is 17.2 Å². The minimum absolute atomic E-state index is 0.0500. The summed E-state index contributed by atoms with van der Waals surface area (Å²) in [6.45, 7) is 2.49. The number of thioether (sulfide) groups is 1. The van der Waals surface area contributed by atoms with E-state index in [0.717, 1.165) is 17.0 Å². The predicted octanol–water partition coefficient (Wildman–Crippen LogP) is 3.24. The number of fused-ring (bicyclic) bond motifs is 1. The van der Waals surface area contributed by atoms with Crippen molar-refractivity contribution in [1.82, 2.24) is 19.6 Å². The highest BCUT2D eigenvalue weighted by molar-refractivity contribution is 7.99. The SMILES string of the molecule is CCN(C(=O)CSc1nc(-c2ccc(OC)cc2)nc2cc(=O)[nH]n12)c1ccccc1. The maximum atomic E-state index is 12.9. The van der Waals surface area contributed by atoms with Gasteiger partial charge in [-0.3, -0.25) is 14.7 Å². The van der Waals surface area contributed by atoms with E-state index in [1.165, 1.54) is 22.3 Å². The van der Waals surface area contributed by atoms with Gasteiger partial charge in [0, 0.05) is 23.9 Å². The molecule has 2 aromatic heterocycles. The van der Waals surface area contributed by atoms with E-state index in [9.17, 15) is 9.59 Å². The Morgan fingerprint density at radius 3 is 2.55 bits per heavy atom. The maximum Gasteiger partial charge on any atom is 0.266 e. The lowest BCUT2D eigenvalue weighted by atomic mass is 10.2. The maximum absolute atomic E-state index is 12.9. The van der Waals surface area contributed by atoms with E-state index < -0.39 is 0 Å². The minimum Gasteiger partial charge on any atom is -0.497 e. The van der Waals surface area contributed by atoms with Crippen LogP contribution in [0.5, 0.6) is 5.75 Å². The molecule has 2 aromatic carbocycles. The van der Waals surface area contributed by atoms with Crippen LogP contribution in [0.15, 0.2) is 70.6 Å². The average molecular weight is 436 g/mol. The van der Waals surface area contributed by atoms with Crippen LogP contribution in [-0.4, -0.2) is 44.9 Å². The highest BCUT2D eigenvalue weighted by Crippen LogP contribution is 2.24. The van der Waals surface area contributed by atoms with Crippen molar-refractivity contribution in [2.75, 3.05) is 24.3 Å². The molecule has 1 N–H and O–H groups in total. The first-order valence-corrected chi connectivity index (χ1v) is 10.7. The van der Waals surface area contributed by atoms with Crippen molar-refractivity contribution in [3.63, 3.8) is 0 Å². The summed E-state index contributed by atoms with van der Waals surface area (Å²) in [5, 5.41) is 3.17. The van der Waals surface area contributed by atoms with E-state index in [4.69, 9.17) is 4.74 Å². The molecule has 158 valence electrons. The van der Waals surface area contributed by atoms with Crippen molar-refractivity contribution < 1.29 is 9.53 Å². The molecule has 2 heterocycles. The zero-order chi connectivity index (χ0) is 21.8. The summed E-state index contributed by atoms with van der Waals surface area (Å²) in [6, 6.07) is 18.3. The molecule has 0 aliphatic heterocycles. The highest BCUT2D eigenvalue weighted by Gasteiger charge is 2.17. The lowest BCUT2D eigenvalue weighted by Gasteiger charge is -2.20. The van der Waals surface area contributed by atoms with Crippen LogP contribution in [0.2, 0.25) is 0 Å². The second kappa shape index (κ2) is 9.05. The normalized spacial score (nSPS) is 10.9. The van der Waals surface area contributed by atoms with Crippen LogP contribution in [0.1, 0.15) is 6.92 Å². The number of H-pyrrole nitrogens is 1. The third-order valence-corrected chi connectivity index (χ3v) is 5.61. The Balaban J connectivity index is 1.63. The Morgan fingerprint density at radius 2 is 1.87 bits per heavy atom. The van der Waals surface area contributed by atoms with E-state index in [2.05, 4.69) is 15.1 Å². The Morgan fingerprint density at radius 1 is 1.13 bits per heavy atom. The summed E-state index contributed by atoms with van der Waals surface area (Å²) >= 11 is 1.25. The number of nitrogens with zero attached hydrogens (tertiary/aromatic N) is 4. The molecule has 0 radical (unpaired) electrons. The number of aromatic nitrogens is 4. The molecule has 8 nitrogen and oxygen atoms in total. The largest absolute Gasteiger partial charge is 0.497 e. The van der Waals surface area contributed by atoms with Gasteiger partial charge in [0.05, 0.1) is 12.9 Å². The molecule has 0 bridgehead atoms. The van der Waals surface area contributed by atoms with Gasteiger partial charge in [0.15, 0.2) is 16.6 Å². The van der Waals surface area contributed by atoms with Gasteiger partial charge in [-0.25, -0.2) is 14.5 Å². The van der Waals surface area contributed by atoms with Crippen LogP contribution in [0, 0.1) is 0 Å². The van der Waals surface area contributed by atoms with Crippen LogP contribution in [-0.2, 0) is 4.79 Å². The quantitative estimate of drug-likeness (QED) is 0.448. The number of methoxy groups -OCH3 is 1. The van der Waals surface area contributed by atoms with Crippen molar-refractivity contribution >= 4 is 29.0 Å². The number of carbonyl (C=O) groups excluding carboxylic acids is 1. The van der Waals surface area contributed by atoms with E-state index in [1.54, 1.807) is 12.0 Å². The Labute approximate surface area is 182 Å². The molecule has 0 unspecified atom stereocenters. The summed E-state index contributed by atoms with van der Waals surface area (Å²) in [7, 11) is 1.60. The first kappa shape index (κ1) is 20.7. The molecule has 1 amide bonds. The first-order valence-electron chi connectivity index (χ1n) is 9.71. The van der Waals surface area contributed by atoms with Crippen LogP contribution in [0.25, 0.3) is 17.0 Å². The second-order valence-electron chi connectivity index (χ2n) is 6.63. The number of ether oxygens (including phenoxy) is 1. The summed E-state index contributed by atoms with van der Waals surface area (Å²) in [5.74, 6) is 1.30. The summed E-state index contributed by atoms with van der Waals surface area (Å²) in [6.07, 6.45) is 0. The van der Waals surface area contributed by atoms with Crippen LogP contribution >= 0.6 is 11.8 Å². The first-order chi connectivity index (χ1) is 15.1. The fourth-order valence-corrected chi connectivity index (χ4v) is 3.99. The van der Waals surface area contributed by atoms with Gasteiger partial charge in [0.1, 0.15) is 5.75 Å². The summed E-state index contributed by atoms with van der Waals surface area (Å²) in [4.78, 5) is 35.6. The van der Waals surface area contributed by atoms with Crippen molar-refractivity contribution in [3.05, 3.63) is 71.0 Å². The van der Waals surface area contributed by atoms with Gasteiger partial charge >= 0.3 is 0 Å². The number of hydrogen-bond donors (Lipinski definition) is 1. The van der Waals surface area contributed by atoms with Gasteiger partial charge in [-0.1, -0.05) is 30.0 Å². The highest BCUT2D eigenvalue weighted by atomic mass is 32.2. The Hall–Kier alpha value is -3.59. The molecule has 0 spiro atoms. The Kier molecular flexibility index (Phi) is 6.03. The average Bonchev–Trinajstić information content (AvgIpc) is 3.19. The van der Waals surface area contributed by atoms with E-state index in [0.29, 0.717) is 23.2 Å². The van der Waals surface area contributed by atoms with Gasteiger partial charge in [-0.05, 0) is 43.3 Å². The lowest BCUT2D eigenvalue weighted by molar-refractivity contribution is -0.116. The Bertz CT molecular complexity index is 1250. The molecule has 0 atom stereocenters. The van der Waals surface area contributed by atoms with Crippen LogP contribution in [0.3, 0.4) is 0 Å². The van der Waals surface area contributed by atoms with Crippen molar-refractivity contribution in [1.29, 1.82) is 0 Å². The molecule has 0 saturated heterocycles. The summed E-state index contributed by atoms with van der Waals surface area (Å²) < 4.78 is 6.71. The third-order valence-electron chi connectivity index (χ3n) is 4.68. The van der Waals surface area contributed by atoms with Gasteiger partial charge in [-0.2, -0.15) is 0 Å². The fraction of sp³-hybridized carbons (Fsp3) is 0.182. The molecular formula is C22H21N5O3S. The van der Waals surface area contributed by atoms with Crippen LogP contribution in [0.4, 0.5) is 5.69 Å². The number of para-hydroxylation sites is 1. The molecule has 4 rings (SSSR count). The summed E-state index contributed by atoms with van der Waals surface area (Å²) in [5.41, 5.74) is 1.78. The number of amides is 1. The standard InChI is InChI=1S/C22H21N5O3S/c1-3-26(16-7-5-4-6-8-16)20(29)14-31-22-24-21(15-9-11-17(30-2)12-10-15)23-18-13-19(28)25-27(18)22/h4-13H,3,14H2,1-2H3,(H,25,28). The topological polar surface area (TPSA) is 92.6 Å². The molecule has 31 heavy (non-hydrogen) atoms. The van der Waals surface area contributed by atoms with Gasteiger partial charge in [0.2, 0.25) is 5.91 Å². The molecule has 0 fully saturated rings. The number of nitrogens with one attached hydrogen (secondary N) is 1. The second-order valence-corrected chi connectivity index (χ2v) is 7.58. The number of anilines is 1. The van der Waals surface area contributed by atoms with Crippen molar-refractivity contribution in [2.24, 2.45) is 0 Å². The third kappa shape index (κ3) is 4.46. The minimum atomic E-state index is -0.283. The fourth-order valence-electron chi connectivity index (χ4n) is 3.16. The number of rotatable bonds is 7. The van der Waals surface area contributed by atoms with Gasteiger partial charge in [-0.15, -0.1) is 0 Å². The van der Waals surface area contributed by atoms with E-state index >= 15 is 0 Å². The number of hydrogen-bond acceptors (Lipinski definition) is 6. The molecule has 4 aromatic rings. The number of aromatic amines is 1. The molecular weight excluding hydrogens is 414 g/mol. The lowest BCUT2D eigenvalue weighted by Crippen LogP contribution is -2.32. The molecule has 0 aliphatic carbocycles. The predicted molar refractivity (Wildman–Crippen MR) is 121 cm³/mol. The zero-order valence-corrected chi connectivity index (χ0v) is 17.9. The zero-order valence-electron chi connectivity index (χ0n) is 17.1. The van der Waals surface area contributed by atoms with Crippen molar-refractivity contribution in [3.8, 4) is 17.1 Å².